The normalized spacial score (nSPS) is 17.8. The summed E-state index contributed by atoms with van der Waals surface area (Å²) in [5, 5.41) is 3.31. The van der Waals surface area contributed by atoms with Crippen LogP contribution >= 0.6 is 0 Å². The Morgan fingerprint density at radius 3 is 2.37 bits per heavy atom. The first-order chi connectivity index (χ1) is 9.17. The van der Waals surface area contributed by atoms with Gasteiger partial charge >= 0.3 is 0 Å². The summed E-state index contributed by atoms with van der Waals surface area (Å²) in [5.41, 5.74) is 0.670. The molecular formula is C15H22F2N2. The molecule has 2 rings (SSSR count). The highest BCUT2D eigenvalue weighted by Gasteiger charge is 2.17. The lowest BCUT2D eigenvalue weighted by atomic mass is 9.97. The number of piperidine rings is 1. The van der Waals surface area contributed by atoms with Crippen LogP contribution in [0.25, 0.3) is 0 Å². The van der Waals surface area contributed by atoms with Crippen molar-refractivity contribution in [1.29, 1.82) is 0 Å². The summed E-state index contributed by atoms with van der Waals surface area (Å²) in [5.74, 6) is -0.331. The van der Waals surface area contributed by atoms with Crippen LogP contribution in [0, 0.1) is 17.6 Å². The second-order valence-electron chi connectivity index (χ2n) is 5.29. The van der Waals surface area contributed by atoms with Crippen molar-refractivity contribution < 1.29 is 8.78 Å². The maximum atomic E-state index is 13.0. The van der Waals surface area contributed by atoms with Gasteiger partial charge in [0.05, 0.1) is 0 Å². The minimum atomic E-state index is -0.506. The van der Waals surface area contributed by atoms with Crippen molar-refractivity contribution in [3.8, 4) is 0 Å². The number of benzene rings is 1. The standard InChI is InChI=1S/C15H22F2N2/c1-2-19-5-3-12(4-6-19)10-18-11-13-7-14(16)9-15(17)8-13/h7-9,12,18H,2-6,10-11H2,1H3. The van der Waals surface area contributed by atoms with E-state index in [1.54, 1.807) is 0 Å². The number of nitrogens with one attached hydrogen (secondary N) is 1. The van der Waals surface area contributed by atoms with E-state index in [0.29, 0.717) is 18.0 Å². The van der Waals surface area contributed by atoms with Crippen molar-refractivity contribution in [3.63, 3.8) is 0 Å². The number of likely N-dealkylation sites (tertiary alicyclic amines) is 1. The highest BCUT2D eigenvalue weighted by molar-refractivity contribution is 5.17. The van der Waals surface area contributed by atoms with E-state index in [4.69, 9.17) is 0 Å². The molecule has 0 bridgehead atoms. The number of hydrogen-bond acceptors (Lipinski definition) is 2. The van der Waals surface area contributed by atoms with E-state index >= 15 is 0 Å². The molecule has 19 heavy (non-hydrogen) atoms. The molecule has 0 aromatic heterocycles. The predicted molar refractivity (Wildman–Crippen MR) is 72.9 cm³/mol. The molecule has 1 aromatic carbocycles. The molecule has 4 heteroatoms. The summed E-state index contributed by atoms with van der Waals surface area (Å²) in [4.78, 5) is 2.46. The van der Waals surface area contributed by atoms with Crippen LogP contribution in [-0.2, 0) is 6.54 Å². The number of hydrogen-bond donors (Lipinski definition) is 1. The van der Waals surface area contributed by atoms with Gasteiger partial charge in [-0.15, -0.1) is 0 Å². The van der Waals surface area contributed by atoms with E-state index in [2.05, 4.69) is 17.1 Å². The summed E-state index contributed by atoms with van der Waals surface area (Å²) < 4.78 is 26.0. The monoisotopic (exact) mass is 268 g/mol. The molecule has 1 N–H and O–H groups in total. The molecular weight excluding hydrogens is 246 g/mol. The first kappa shape index (κ1) is 14.4. The van der Waals surface area contributed by atoms with Gasteiger partial charge in [-0.05, 0) is 62.6 Å². The molecule has 1 fully saturated rings. The average Bonchev–Trinajstić information content (AvgIpc) is 2.38. The number of rotatable bonds is 5. The Morgan fingerprint density at radius 2 is 1.79 bits per heavy atom. The zero-order chi connectivity index (χ0) is 13.7. The first-order valence-electron chi connectivity index (χ1n) is 7.05. The Kier molecular flexibility index (Phi) is 5.28. The molecule has 0 spiro atoms. The van der Waals surface area contributed by atoms with E-state index < -0.39 is 11.6 Å². The van der Waals surface area contributed by atoms with Gasteiger partial charge in [-0.25, -0.2) is 8.78 Å². The quantitative estimate of drug-likeness (QED) is 0.883. The van der Waals surface area contributed by atoms with Crippen LogP contribution in [0.3, 0.4) is 0 Å². The molecule has 2 nitrogen and oxygen atoms in total. The summed E-state index contributed by atoms with van der Waals surface area (Å²) in [7, 11) is 0. The van der Waals surface area contributed by atoms with Gasteiger partial charge in [0.1, 0.15) is 11.6 Å². The average molecular weight is 268 g/mol. The molecule has 0 saturated carbocycles. The van der Waals surface area contributed by atoms with Gasteiger partial charge in [0.25, 0.3) is 0 Å². The second-order valence-corrected chi connectivity index (χ2v) is 5.29. The van der Waals surface area contributed by atoms with Gasteiger partial charge in [0.2, 0.25) is 0 Å². The van der Waals surface area contributed by atoms with Gasteiger partial charge in [-0.1, -0.05) is 6.92 Å². The lowest BCUT2D eigenvalue weighted by Gasteiger charge is -2.31. The van der Waals surface area contributed by atoms with Gasteiger partial charge in [0, 0.05) is 12.6 Å². The van der Waals surface area contributed by atoms with Crippen LogP contribution in [0.4, 0.5) is 8.78 Å². The molecule has 1 aliphatic heterocycles. The van der Waals surface area contributed by atoms with E-state index in [1.807, 2.05) is 0 Å². The SMILES string of the molecule is CCN1CCC(CNCc2cc(F)cc(F)c2)CC1. The van der Waals surface area contributed by atoms with Crippen LogP contribution in [0.5, 0.6) is 0 Å². The molecule has 106 valence electrons. The first-order valence-corrected chi connectivity index (χ1v) is 7.05. The van der Waals surface area contributed by atoms with Crippen molar-refractivity contribution >= 4 is 0 Å². The fraction of sp³-hybridized carbons (Fsp3) is 0.600. The summed E-state index contributed by atoms with van der Waals surface area (Å²) in [6.45, 7) is 7.10. The van der Waals surface area contributed by atoms with Crippen molar-refractivity contribution in [1.82, 2.24) is 10.2 Å². The Morgan fingerprint density at radius 1 is 1.16 bits per heavy atom. The summed E-state index contributed by atoms with van der Waals surface area (Å²) in [6, 6.07) is 3.68. The van der Waals surface area contributed by atoms with E-state index in [-0.39, 0.29) is 0 Å². The minimum absolute atomic E-state index is 0.506. The van der Waals surface area contributed by atoms with Crippen molar-refractivity contribution in [2.24, 2.45) is 5.92 Å². The van der Waals surface area contributed by atoms with Gasteiger partial charge in [-0.2, -0.15) is 0 Å². The van der Waals surface area contributed by atoms with E-state index in [1.165, 1.54) is 25.0 Å². The third-order valence-electron chi connectivity index (χ3n) is 3.84. The Hall–Kier alpha value is -1.00. The third-order valence-corrected chi connectivity index (χ3v) is 3.84. The molecule has 0 aliphatic carbocycles. The number of nitrogens with zero attached hydrogens (tertiary/aromatic N) is 1. The largest absolute Gasteiger partial charge is 0.312 e. The summed E-state index contributed by atoms with van der Waals surface area (Å²) in [6.07, 6.45) is 2.41. The van der Waals surface area contributed by atoms with Crippen LogP contribution in [-0.4, -0.2) is 31.1 Å². The Labute approximate surface area is 113 Å². The van der Waals surface area contributed by atoms with Gasteiger partial charge in [0.15, 0.2) is 0 Å². The van der Waals surface area contributed by atoms with Gasteiger partial charge < -0.3 is 10.2 Å². The predicted octanol–water partition coefficient (Wildman–Crippen LogP) is 2.79. The van der Waals surface area contributed by atoms with Crippen LogP contribution in [0.15, 0.2) is 18.2 Å². The molecule has 1 heterocycles. The Bertz CT molecular complexity index is 381. The smallest absolute Gasteiger partial charge is 0.126 e. The van der Waals surface area contributed by atoms with Crippen molar-refractivity contribution in [2.75, 3.05) is 26.2 Å². The van der Waals surface area contributed by atoms with Crippen LogP contribution in [0.2, 0.25) is 0 Å². The van der Waals surface area contributed by atoms with Crippen LogP contribution in [0.1, 0.15) is 25.3 Å². The maximum absolute atomic E-state index is 13.0. The van der Waals surface area contributed by atoms with E-state index in [0.717, 1.165) is 32.2 Å². The fourth-order valence-corrected chi connectivity index (χ4v) is 2.64. The fourth-order valence-electron chi connectivity index (χ4n) is 2.64. The molecule has 1 aromatic rings. The molecule has 0 amide bonds. The van der Waals surface area contributed by atoms with Gasteiger partial charge in [-0.3, -0.25) is 0 Å². The zero-order valence-corrected chi connectivity index (χ0v) is 11.5. The molecule has 0 unspecified atom stereocenters. The lowest BCUT2D eigenvalue weighted by Crippen LogP contribution is -2.36. The van der Waals surface area contributed by atoms with Crippen molar-refractivity contribution in [3.05, 3.63) is 35.4 Å². The summed E-state index contributed by atoms with van der Waals surface area (Å²) >= 11 is 0. The molecule has 1 saturated heterocycles. The van der Waals surface area contributed by atoms with Crippen LogP contribution < -0.4 is 5.32 Å². The highest BCUT2D eigenvalue weighted by atomic mass is 19.1. The zero-order valence-electron chi connectivity index (χ0n) is 11.5. The Balaban J connectivity index is 1.72. The second kappa shape index (κ2) is 6.96. The molecule has 1 aliphatic rings. The van der Waals surface area contributed by atoms with Crippen molar-refractivity contribution in [2.45, 2.75) is 26.3 Å². The number of halogens is 2. The topological polar surface area (TPSA) is 15.3 Å². The molecule has 0 atom stereocenters. The van der Waals surface area contributed by atoms with E-state index in [9.17, 15) is 8.78 Å². The third kappa shape index (κ3) is 4.55. The minimum Gasteiger partial charge on any atom is -0.312 e. The molecule has 0 radical (unpaired) electrons. The lowest BCUT2D eigenvalue weighted by molar-refractivity contribution is 0.190. The highest BCUT2D eigenvalue weighted by Crippen LogP contribution is 2.16. The maximum Gasteiger partial charge on any atom is 0.126 e.